The average molecular weight is 660 g/mol. The molecule has 0 atom stereocenters. The van der Waals surface area contributed by atoms with Crippen molar-refractivity contribution in [3.05, 3.63) is 176 Å². The highest BCUT2D eigenvalue weighted by molar-refractivity contribution is 6.30. The molecule has 0 aliphatic heterocycles. The van der Waals surface area contributed by atoms with Gasteiger partial charge in [-0.1, -0.05) is 140 Å². The van der Waals surface area contributed by atoms with Crippen molar-refractivity contribution in [2.45, 2.75) is 0 Å². The predicted octanol–water partition coefficient (Wildman–Crippen LogP) is 14.1. The number of hydrogen-bond acceptors (Lipinski definition) is 1. The molecule has 2 aromatic heterocycles. The van der Waals surface area contributed by atoms with Gasteiger partial charge in [0.05, 0.1) is 11.0 Å². The van der Waals surface area contributed by atoms with E-state index in [1.807, 2.05) is 0 Å². The summed E-state index contributed by atoms with van der Waals surface area (Å²) in [5, 5.41) is 14.9. The van der Waals surface area contributed by atoms with E-state index >= 15 is 0 Å². The average Bonchev–Trinajstić information content (AvgIpc) is 3.76. The highest BCUT2D eigenvalue weighted by atomic mass is 16.3. The Bertz CT molecular complexity index is 3340. The van der Waals surface area contributed by atoms with Gasteiger partial charge in [0, 0.05) is 32.6 Å². The van der Waals surface area contributed by atoms with E-state index in [9.17, 15) is 0 Å². The lowest BCUT2D eigenvalue weighted by Crippen LogP contribution is -1.95. The molecule has 0 bridgehead atoms. The molecule has 52 heavy (non-hydrogen) atoms. The van der Waals surface area contributed by atoms with Crippen molar-refractivity contribution >= 4 is 86.8 Å². The predicted molar refractivity (Wildman–Crippen MR) is 220 cm³/mol. The fourth-order valence-corrected chi connectivity index (χ4v) is 9.18. The van der Waals surface area contributed by atoms with Crippen molar-refractivity contribution in [2.75, 3.05) is 0 Å². The maximum Gasteiger partial charge on any atom is 0.136 e. The van der Waals surface area contributed by atoms with E-state index in [-0.39, 0.29) is 0 Å². The zero-order valence-corrected chi connectivity index (χ0v) is 28.1. The number of para-hydroxylation sites is 1. The minimum Gasteiger partial charge on any atom is -0.456 e. The monoisotopic (exact) mass is 659 g/mol. The first-order chi connectivity index (χ1) is 25.8. The Morgan fingerprint density at radius 2 is 0.942 bits per heavy atom. The Labute approximate surface area is 298 Å². The first-order valence-corrected chi connectivity index (χ1v) is 17.9. The lowest BCUT2D eigenvalue weighted by Gasteiger charge is -2.19. The van der Waals surface area contributed by atoms with Crippen LogP contribution in [0.1, 0.15) is 0 Å². The van der Waals surface area contributed by atoms with Gasteiger partial charge < -0.3 is 8.98 Å². The lowest BCUT2D eigenvalue weighted by atomic mass is 9.84. The topological polar surface area (TPSA) is 18.1 Å². The van der Waals surface area contributed by atoms with E-state index in [1.54, 1.807) is 0 Å². The molecule has 2 heterocycles. The van der Waals surface area contributed by atoms with Gasteiger partial charge in [-0.15, -0.1) is 0 Å². The van der Waals surface area contributed by atoms with Gasteiger partial charge in [0.2, 0.25) is 0 Å². The second-order valence-corrected chi connectivity index (χ2v) is 14.0. The summed E-state index contributed by atoms with van der Waals surface area (Å²) in [5.41, 5.74) is 10.5. The van der Waals surface area contributed by atoms with Crippen molar-refractivity contribution in [3.63, 3.8) is 0 Å². The molecular formula is C50H29NO. The van der Waals surface area contributed by atoms with Gasteiger partial charge >= 0.3 is 0 Å². The van der Waals surface area contributed by atoms with E-state index in [2.05, 4.69) is 180 Å². The Hall–Kier alpha value is -6.90. The minimum atomic E-state index is 0.937. The third-order valence-electron chi connectivity index (χ3n) is 11.3. The van der Waals surface area contributed by atoms with Crippen LogP contribution in [0.5, 0.6) is 0 Å². The molecule has 0 fully saturated rings. The number of fused-ring (bicyclic) bond motifs is 7. The van der Waals surface area contributed by atoms with E-state index in [0.717, 1.165) is 16.9 Å². The first kappa shape index (κ1) is 27.9. The number of furan rings is 1. The first-order valence-electron chi connectivity index (χ1n) is 17.9. The van der Waals surface area contributed by atoms with E-state index in [0.29, 0.717) is 0 Å². The Balaban J connectivity index is 1.12. The second kappa shape index (κ2) is 10.3. The molecule has 240 valence electrons. The standard InChI is InChI=1S/C50H29NO/c1-2-13-34-30(11-1)25-28-41-35-14-7-8-20-43(35)51(50(34)41)33-26-23-31(24-27-33)46-36-15-3-5-17-38(36)48(39-18-6-4-16-37(39)46)42-29-32-12-9-21-44-47(32)49-40(42)19-10-22-45(49)52-44/h1-29H. The normalized spacial score (nSPS) is 12.2. The Morgan fingerprint density at radius 3 is 1.69 bits per heavy atom. The summed E-state index contributed by atoms with van der Waals surface area (Å²) < 4.78 is 8.80. The quantitative estimate of drug-likeness (QED) is 0.136. The SMILES string of the molecule is c1ccc2c(c1)ccc1c3ccccc3n(-c3ccc(-c4c5ccccc5c(-c5cc6cccc7oc8cccc5c8c67)c5ccccc45)cc3)c21. The van der Waals surface area contributed by atoms with E-state index < -0.39 is 0 Å². The highest BCUT2D eigenvalue weighted by Gasteiger charge is 2.22. The summed E-state index contributed by atoms with van der Waals surface area (Å²) in [5.74, 6) is 0. The maximum atomic E-state index is 6.36. The van der Waals surface area contributed by atoms with Gasteiger partial charge in [0.25, 0.3) is 0 Å². The molecule has 10 aromatic carbocycles. The zero-order chi connectivity index (χ0) is 33.9. The second-order valence-electron chi connectivity index (χ2n) is 14.0. The van der Waals surface area contributed by atoms with Gasteiger partial charge in [-0.3, -0.25) is 0 Å². The molecule has 12 aromatic rings. The zero-order valence-electron chi connectivity index (χ0n) is 28.1. The third kappa shape index (κ3) is 3.68. The summed E-state index contributed by atoms with van der Waals surface area (Å²) >= 11 is 0. The van der Waals surface area contributed by atoms with Crippen LogP contribution in [0, 0.1) is 0 Å². The lowest BCUT2D eigenvalue weighted by molar-refractivity contribution is 0.669. The van der Waals surface area contributed by atoms with Crippen LogP contribution in [0.2, 0.25) is 0 Å². The Kier molecular flexibility index (Phi) is 5.53. The van der Waals surface area contributed by atoms with Gasteiger partial charge in [-0.05, 0) is 96.4 Å². The van der Waals surface area contributed by atoms with Crippen molar-refractivity contribution < 1.29 is 4.42 Å². The van der Waals surface area contributed by atoms with Crippen molar-refractivity contribution in [1.29, 1.82) is 0 Å². The molecule has 0 N–H and O–H groups in total. The molecule has 0 aliphatic carbocycles. The highest BCUT2D eigenvalue weighted by Crippen LogP contribution is 2.48. The molecule has 12 rings (SSSR count). The van der Waals surface area contributed by atoms with Crippen LogP contribution in [-0.2, 0) is 0 Å². The van der Waals surface area contributed by atoms with Crippen LogP contribution in [0.4, 0.5) is 0 Å². The van der Waals surface area contributed by atoms with Gasteiger partial charge in [0.15, 0.2) is 0 Å². The molecule has 0 saturated carbocycles. The van der Waals surface area contributed by atoms with Crippen LogP contribution in [-0.4, -0.2) is 4.57 Å². The molecule has 2 nitrogen and oxygen atoms in total. The molecule has 0 amide bonds. The Morgan fingerprint density at radius 1 is 0.365 bits per heavy atom. The third-order valence-corrected chi connectivity index (χ3v) is 11.3. The van der Waals surface area contributed by atoms with Crippen molar-refractivity contribution in [2.24, 2.45) is 0 Å². The fourth-order valence-electron chi connectivity index (χ4n) is 9.18. The summed E-state index contributed by atoms with van der Waals surface area (Å²) in [4.78, 5) is 0. The minimum absolute atomic E-state index is 0.937. The van der Waals surface area contributed by atoms with Crippen molar-refractivity contribution in [3.8, 4) is 27.9 Å². The molecule has 0 unspecified atom stereocenters. The number of aromatic nitrogens is 1. The van der Waals surface area contributed by atoms with Crippen LogP contribution in [0.3, 0.4) is 0 Å². The number of hydrogen-bond donors (Lipinski definition) is 0. The van der Waals surface area contributed by atoms with Gasteiger partial charge in [0.1, 0.15) is 11.2 Å². The van der Waals surface area contributed by atoms with Crippen LogP contribution in [0.25, 0.3) is 115 Å². The van der Waals surface area contributed by atoms with Crippen molar-refractivity contribution in [1.82, 2.24) is 4.57 Å². The fraction of sp³-hybridized carbons (Fsp3) is 0. The maximum absolute atomic E-state index is 6.36. The molecule has 0 saturated heterocycles. The van der Waals surface area contributed by atoms with Crippen LogP contribution < -0.4 is 0 Å². The van der Waals surface area contributed by atoms with Gasteiger partial charge in [-0.25, -0.2) is 0 Å². The van der Waals surface area contributed by atoms with Crippen LogP contribution >= 0.6 is 0 Å². The largest absolute Gasteiger partial charge is 0.456 e. The smallest absolute Gasteiger partial charge is 0.136 e. The van der Waals surface area contributed by atoms with Crippen LogP contribution in [0.15, 0.2) is 180 Å². The number of benzene rings is 10. The molecule has 0 aliphatic rings. The summed E-state index contributed by atoms with van der Waals surface area (Å²) in [6.45, 7) is 0. The molecule has 2 heteroatoms. The number of rotatable bonds is 3. The summed E-state index contributed by atoms with van der Waals surface area (Å²) in [6, 6.07) is 64.4. The van der Waals surface area contributed by atoms with E-state index in [4.69, 9.17) is 4.42 Å². The van der Waals surface area contributed by atoms with Gasteiger partial charge in [-0.2, -0.15) is 0 Å². The molecule has 0 radical (unpaired) electrons. The van der Waals surface area contributed by atoms with E-state index in [1.165, 1.54) is 97.9 Å². The summed E-state index contributed by atoms with van der Waals surface area (Å²) in [6.07, 6.45) is 0. The number of nitrogens with zero attached hydrogens (tertiary/aromatic N) is 1. The molecule has 0 spiro atoms. The molecular weight excluding hydrogens is 631 g/mol. The summed E-state index contributed by atoms with van der Waals surface area (Å²) in [7, 11) is 0.